The third-order valence-corrected chi connectivity index (χ3v) is 6.62. The maximum absolute atomic E-state index is 12.5. The lowest BCUT2D eigenvalue weighted by atomic mass is 10.1. The Balaban J connectivity index is 1.64. The fraction of sp³-hybridized carbons (Fsp3) is 0.136. The zero-order valence-electron chi connectivity index (χ0n) is 17.2. The van der Waals surface area contributed by atoms with Crippen LogP contribution < -0.4 is 19.5 Å². The number of hydrogen-bond donors (Lipinski definition) is 2. The van der Waals surface area contributed by atoms with Crippen molar-refractivity contribution in [2.24, 2.45) is 0 Å². The summed E-state index contributed by atoms with van der Waals surface area (Å²) >= 11 is 11.7. The van der Waals surface area contributed by atoms with Gasteiger partial charge in [0.1, 0.15) is 0 Å². The minimum absolute atomic E-state index is 0.0244. The molecule has 0 radical (unpaired) electrons. The first kappa shape index (κ1) is 23.7. The summed E-state index contributed by atoms with van der Waals surface area (Å²) < 4.78 is 38.0. The van der Waals surface area contributed by atoms with E-state index in [1.165, 1.54) is 49.6 Å². The number of amides is 1. The van der Waals surface area contributed by atoms with Crippen molar-refractivity contribution in [1.29, 1.82) is 0 Å². The number of anilines is 1. The number of ether oxygens (including phenoxy) is 2. The second kappa shape index (κ2) is 10.1. The number of halogens is 2. The van der Waals surface area contributed by atoms with Gasteiger partial charge in [0.2, 0.25) is 0 Å². The second-order valence-electron chi connectivity index (χ2n) is 6.63. The highest BCUT2D eigenvalue weighted by Crippen LogP contribution is 2.28. The van der Waals surface area contributed by atoms with Gasteiger partial charge in [0.05, 0.1) is 29.2 Å². The van der Waals surface area contributed by atoms with Crippen LogP contribution in [0.5, 0.6) is 11.5 Å². The van der Waals surface area contributed by atoms with E-state index in [-0.39, 0.29) is 27.4 Å². The van der Waals surface area contributed by atoms with E-state index in [4.69, 9.17) is 32.7 Å². The molecule has 0 aromatic heterocycles. The summed E-state index contributed by atoms with van der Waals surface area (Å²) in [5, 5.41) is 3.20. The van der Waals surface area contributed by atoms with Gasteiger partial charge in [-0.15, -0.1) is 0 Å². The van der Waals surface area contributed by atoms with Crippen LogP contribution in [0.2, 0.25) is 10.0 Å². The highest BCUT2D eigenvalue weighted by molar-refractivity contribution is 7.92. The monoisotopic (exact) mass is 494 g/mol. The van der Waals surface area contributed by atoms with Crippen LogP contribution in [0.15, 0.2) is 65.6 Å². The number of benzene rings is 3. The molecule has 0 unspecified atom stereocenters. The summed E-state index contributed by atoms with van der Waals surface area (Å²) in [6.45, 7) is 0.283. The van der Waals surface area contributed by atoms with E-state index in [1.54, 1.807) is 19.2 Å². The van der Waals surface area contributed by atoms with E-state index in [1.807, 2.05) is 6.07 Å². The van der Waals surface area contributed by atoms with E-state index < -0.39 is 10.0 Å². The highest BCUT2D eigenvalue weighted by Gasteiger charge is 2.16. The van der Waals surface area contributed by atoms with Gasteiger partial charge in [0.15, 0.2) is 11.5 Å². The molecule has 0 spiro atoms. The van der Waals surface area contributed by atoms with Crippen LogP contribution in [0.3, 0.4) is 0 Å². The summed E-state index contributed by atoms with van der Waals surface area (Å²) in [6.07, 6.45) is 0. The molecule has 0 aliphatic carbocycles. The topological polar surface area (TPSA) is 93.7 Å². The maximum atomic E-state index is 12.5. The minimum atomic E-state index is -3.86. The molecule has 0 aliphatic rings. The second-order valence-corrected chi connectivity index (χ2v) is 9.13. The molecule has 1 amide bonds. The number of methoxy groups -OCH3 is 2. The van der Waals surface area contributed by atoms with Gasteiger partial charge in [-0.2, -0.15) is 0 Å². The first-order valence-electron chi connectivity index (χ1n) is 9.30. The standard InChI is InChI=1S/C22H20Cl2N2O5S/c1-30-20-10-3-14(11-21(20)31-2)13-25-22(27)15-4-6-16(7-5-15)26-32(28,29)17-8-9-18(23)19(24)12-17/h3-12,26H,13H2,1-2H3,(H,25,27). The summed E-state index contributed by atoms with van der Waals surface area (Å²) in [5.41, 5.74) is 1.51. The van der Waals surface area contributed by atoms with E-state index in [2.05, 4.69) is 10.0 Å². The summed E-state index contributed by atoms with van der Waals surface area (Å²) in [6, 6.07) is 15.4. The van der Waals surface area contributed by atoms with Crippen LogP contribution in [-0.2, 0) is 16.6 Å². The maximum Gasteiger partial charge on any atom is 0.261 e. The first-order valence-corrected chi connectivity index (χ1v) is 11.5. The van der Waals surface area contributed by atoms with E-state index >= 15 is 0 Å². The Bertz CT molecular complexity index is 1230. The van der Waals surface area contributed by atoms with E-state index in [9.17, 15) is 13.2 Å². The predicted molar refractivity (Wildman–Crippen MR) is 124 cm³/mol. The molecule has 32 heavy (non-hydrogen) atoms. The van der Waals surface area contributed by atoms with E-state index in [0.717, 1.165) is 5.56 Å². The van der Waals surface area contributed by atoms with Gasteiger partial charge in [0, 0.05) is 17.8 Å². The molecule has 0 heterocycles. The molecule has 0 saturated heterocycles. The van der Waals surface area contributed by atoms with Crippen molar-refractivity contribution in [1.82, 2.24) is 5.32 Å². The average molecular weight is 495 g/mol. The lowest BCUT2D eigenvalue weighted by molar-refractivity contribution is 0.0951. The molecule has 10 heteroatoms. The van der Waals surface area contributed by atoms with Crippen LogP contribution in [0.25, 0.3) is 0 Å². The van der Waals surface area contributed by atoms with Crippen LogP contribution in [0.4, 0.5) is 5.69 Å². The van der Waals surface area contributed by atoms with Gasteiger partial charge < -0.3 is 14.8 Å². The molecular formula is C22H20Cl2N2O5S. The molecular weight excluding hydrogens is 475 g/mol. The number of carbonyl (C=O) groups is 1. The van der Waals surface area contributed by atoms with Crippen molar-refractivity contribution < 1.29 is 22.7 Å². The molecule has 0 aliphatic heterocycles. The first-order chi connectivity index (χ1) is 15.2. The molecule has 3 aromatic rings. The molecule has 2 N–H and O–H groups in total. The Morgan fingerprint density at radius 1 is 0.875 bits per heavy atom. The Morgan fingerprint density at radius 3 is 2.19 bits per heavy atom. The fourth-order valence-corrected chi connectivity index (χ4v) is 4.27. The van der Waals surface area contributed by atoms with Crippen molar-refractivity contribution >= 4 is 44.8 Å². The lowest BCUT2D eigenvalue weighted by Crippen LogP contribution is -2.22. The lowest BCUT2D eigenvalue weighted by Gasteiger charge is -2.11. The van der Waals surface area contributed by atoms with Crippen LogP contribution in [0.1, 0.15) is 15.9 Å². The van der Waals surface area contributed by atoms with Gasteiger partial charge >= 0.3 is 0 Å². The van der Waals surface area contributed by atoms with Crippen molar-refractivity contribution in [3.05, 3.63) is 81.8 Å². The normalized spacial score (nSPS) is 11.0. The fourth-order valence-electron chi connectivity index (χ4n) is 2.82. The van der Waals surface area contributed by atoms with Crippen LogP contribution in [0, 0.1) is 0 Å². The Labute approximate surface area is 196 Å². The summed E-state index contributed by atoms with van der Waals surface area (Å²) in [4.78, 5) is 12.4. The predicted octanol–water partition coefficient (Wildman–Crippen LogP) is 4.74. The highest BCUT2D eigenvalue weighted by atomic mass is 35.5. The molecule has 7 nitrogen and oxygen atoms in total. The molecule has 0 fully saturated rings. The smallest absolute Gasteiger partial charge is 0.261 e. The molecule has 3 rings (SSSR count). The number of carbonyl (C=O) groups excluding carboxylic acids is 1. The Morgan fingerprint density at radius 2 is 1.56 bits per heavy atom. The van der Waals surface area contributed by atoms with Gasteiger partial charge in [-0.3, -0.25) is 9.52 Å². The number of sulfonamides is 1. The summed E-state index contributed by atoms with van der Waals surface area (Å²) in [7, 11) is -0.772. The van der Waals surface area contributed by atoms with Crippen molar-refractivity contribution in [2.75, 3.05) is 18.9 Å². The zero-order valence-corrected chi connectivity index (χ0v) is 19.5. The minimum Gasteiger partial charge on any atom is -0.493 e. The van der Waals surface area contributed by atoms with Gasteiger partial charge in [0.25, 0.3) is 15.9 Å². The third-order valence-electron chi connectivity index (χ3n) is 4.50. The van der Waals surface area contributed by atoms with E-state index in [0.29, 0.717) is 22.7 Å². The van der Waals surface area contributed by atoms with Gasteiger partial charge in [-0.25, -0.2) is 8.42 Å². The number of rotatable bonds is 8. The van der Waals surface area contributed by atoms with Crippen molar-refractivity contribution in [3.8, 4) is 11.5 Å². The van der Waals surface area contributed by atoms with Gasteiger partial charge in [-0.05, 0) is 60.2 Å². The van der Waals surface area contributed by atoms with Crippen LogP contribution >= 0.6 is 23.2 Å². The Hall–Kier alpha value is -2.94. The molecule has 0 bridgehead atoms. The van der Waals surface area contributed by atoms with Gasteiger partial charge in [-0.1, -0.05) is 29.3 Å². The van der Waals surface area contributed by atoms with Crippen molar-refractivity contribution in [2.45, 2.75) is 11.4 Å². The average Bonchev–Trinajstić information content (AvgIpc) is 2.79. The number of nitrogens with one attached hydrogen (secondary N) is 2. The molecule has 3 aromatic carbocycles. The molecule has 0 atom stereocenters. The van der Waals surface area contributed by atoms with Crippen LogP contribution in [-0.4, -0.2) is 28.5 Å². The molecule has 0 saturated carbocycles. The SMILES string of the molecule is COc1ccc(CNC(=O)c2ccc(NS(=O)(=O)c3ccc(Cl)c(Cl)c3)cc2)cc1OC. The largest absolute Gasteiger partial charge is 0.493 e. The quantitative estimate of drug-likeness (QED) is 0.471. The Kier molecular flexibility index (Phi) is 7.50. The zero-order chi connectivity index (χ0) is 23.3. The third kappa shape index (κ3) is 5.64. The number of hydrogen-bond acceptors (Lipinski definition) is 5. The molecule has 168 valence electrons. The van der Waals surface area contributed by atoms with Crippen molar-refractivity contribution in [3.63, 3.8) is 0 Å². The summed E-state index contributed by atoms with van der Waals surface area (Å²) in [5.74, 6) is 0.859.